The first-order valence-electron chi connectivity index (χ1n) is 12.1. The zero-order valence-electron chi connectivity index (χ0n) is 22.5. The van der Waals surface area contributed by atoms with Crippen molar-refractivity contribution in [3.63, 3.8) is 0 Å². The Balaban J connectivity index is 1.95. The van der Waals surface area contributed by atoms with Crippen molar-refractivity contribution in [1.82, 2.24) is 0 Å². The summed E-state index contributed by atoms with van der Waals surface area (Å²) < 4.78 is 92.0. The normalized spacial score (nSPS) is 22.6. The number of carbonyl (C=O) groups excluding carboxylic acids is 3. The summed E-state index contributed by atoms with van der Waals surface area (Å²) in [6.07, 6.45) is -6.11. The molecule has 2 unspecified atom stereocenters. The third-order valence-electron chi connectivity index (χ3n) is 5.84. The van der Waals surface area contributed by atoms with E-state index in [1.807, 2.05) is 0 Å². The quantitative estimate of drug-likeness (QED) is 0.170. The van der Waals surface area contributed by atoms with Crippen LogP contribution in [0.2, 0.25) is 5.02 Å². The van der Waals surface area contributed by atoms with Crippen LogP contribution in [0.15, 0.2) is 42.5 Å². The number of hydrogen-bond donors (Lipinski definition) is 0. The molecule has 0 saturated carbocycles. The Kier molecular flexibility index (Phi) is 10.5. The molecule has 11 nitrogen and oxygen atoms in total. The molecule has 0 radical (unpaired) electrons. The molecule has 5 atom stereocenters. The van der Waals surface area contributed by atoms with Crippen molar-refractivity contribution in [3.05, 3.63) is 64.2 Å². The fraction of sp³-hybridized carbons (Fsp3) is 0.423. The van der Waals surface area contributed by atoms with Crippen LogP contribution in [0.5, 0.6) is 5.75 Å². The number of benzene rings is 2. The number of rotatable bonds is 9. The number of hydrogen-bond acceptors (Lipinski definition) is 11. The SMILES string of the molecule is CO[C@H]1O[C@@H](c2ccc(Cl)c(Cc3ccc(OS(=O)(=O)C(F)(F)F)cc3)c2)[C@H](OC(C)=O)C(OC(C)=O)C1OC(C)=O. The van der Waals surface area contributed by atoms with E-state index in [9.17, 15) is 36.0 Å². The van der Waals surface area contributed by atoms with Gasteiger partial charge in [-0.25, -0.2) is 0 Å². The van der Waals surface area contributed by atoms with Crippen molar-refractivity contribution in [1.29, 1.82) is 0 Å². The molecule has 1 saturated heterocycles. The summed E-state index contributed by atoms with van der Waals surface area (Å²) in [6, 6.07) is 9.50. The number of methoxy groups -OCH3 is 1. The molecule has 2 aromatic rings. The molecule has 0 aromatic heterocycles. The Morgan fingerprint density at radius 2 is 1.43 bits per heavy atom. The highest BCUT2D eigenvalue weighted by Gasteiger charge is 2.52. The molecule has 42 heavy (non-hydrogen) atoms. The van der Waals surface area contributed by atoms with Crippen molar-refractivity contribution in [2.75, 3.05) is 7.11 Å². The number of esters is 3. The zero-order chi connectivity index (χ0) is 31.4. The van der Waals surface area contributed by atoms with Gasteiger partial charge in [0.15, 0.2) is 24.6 Å². The van der Waals surface area contributed by atoms with Crippen molar-refractivity contribution < 1.29 is 63.8 Å². The van der Waals surface area contributed by atoms with Gasteiger partial charge in [-0.05, 0) is 41.3 Å². The highest BCUT2D eigenvalue weighted by Crippen LogP contribution is 2.39. The molecular weight excluding hydrogens is 613 g/mol. The Morgan fingerprint density at radius 3 is 1.95 bits per heavy atom. The summed E-state index contributed by atoms with van der Waals surface area (Å²) in [6.45, 7) is 3.38. The van der Waals surface area contributed by atoms with Crippen molar-refractivity contribution in [3.8, 4) is 5.75 Å². The lowest BCUT2D eigenvalue weighted by Gasteiger charge is -2.44. The largest absolute Gasteiger partial charge is 0.534 e. The number of alkyl halides is 3. The van der Waals surface area contributed by atoms with Crippen LogP contribution in [0.1, 0.15) is 43.6 Å². The third-order valence-corrected chi connectivity index (χ3v) is 7.19. The molecule has 2 aromatic carbocycles. The second-order valence-corrected chi connectivity index (χ2v) is 11.0. The van der Waals surface area contributed by atoms with Gasteiger partial charge in [0.1, 0.15) is 11.9 Å². The van der Waals surface area contributed by atoms with Crippen LogP contribution in [0.4, 0.5) is 13.2 Å². The van der Waals surface area contributed by atoms with E-state index >= 15 is 0 Å². The first kappa shape index (κ1) is 33.1. The van der Waals surface area contributed by atoms with E-state index in [0.29, 0.717) is 16.7 Å². The van der Waals surface area contributed by atoms with E-state index in [1.54, 1.807) is 12.1 Å². The molecular formula is C26H26ClF3O11S. The highest BCUT2D eigenvalue weighted by atomic mass is 35.5. The van der Waals surface area contributed by atoms with Crippen molar-refractivity contribution >= 4 is 39.6 Å². The Bertz CT molecular complexity index is 1410. The van der Waals surface area contributed by atoms with Gasteiger partial charge in [0.2, 0.25) is 0 Å². The zero-order valence-corrected chi connectivity index (χ0v) is 24.1. The fourth-order valence-electron chi connectivity index (χ4n) is 4.20. The van der Waals surface area contributed by atoms with Crippen molar-refractivity contribution in [2.24, 2.45) is 0 Å². The van der Waals surface area contributed by atoms with Crippen LogP contribution in [0.25, 0.3) is 0 Å². The number of halogens is 4. The van der Waals surface area contributed by atoms with E-state index in [4.69, 9.17) is 35.3 Å². The minimum absolute atomic E-state index is 0.126. The summed E-state index contributed by atoms with van der Waals surface area (Å²) in [5.74, 6) is -2.77. The molecule has 1 aliphatic heterocycles. The summed E-state index contributed by atoms with van der Waals surface area (Å²) in [4.78, 5) is 35.8. The second kappa shape index (κ2) is 13.3. The lowest BCUT2D eigenvalue weighted by Crippen LogP contribution is -2.58. The lowest BCUT2D eigenvalue weighted by atomic mass is 9.91. The van der Waals surface area contributed by atoms with Gasteiger partial charge in [0.05, 0.1) is 0 Å². The lowest BCUT2D eigenvalue weighted by molar-refractivity contribution is -0.300. The van der Waals surface area contributed by atoms with Gasteiger partial charge in [-0.1, -0.05) is 35.9 Å². The smallest absolute Gasteiger partial charge is 0.455 e. The molecule has 0 N–H and O–H groups in total. The molecule has 1 fully saturated rings. The Morgan fingerprint density at radius 1 is 0.881 bits per heavy atom. The predicted molar refractivity (Wildman–Crippen MR) is 138 cm³/mol. The molecule has 0 bridgehead atoms. The maximum absolute atomic E-state index is 12.6. The molecule has 3 rings (SSSR count). The van der Waals surface area contributed by atoms with E-state index < -0.39 is 70.0 Å². The topological polar surface area (TPSA) is 141 Å². The van der Waals surface area contributed by atoms with Gasteiger partial charge in [0.25, 0.3) is 0 Å². The summed E-state index contributed by atoms with van der Waals surface area (Å²) in [5.41, 5.74) is -4.16. The van der Waals surface area contributed by atoms with Crippen molar-refractivity contribution in [2.45, 2.75) is 63.4 Å². The fourth-order valence-corrected chi connectivity index (χ4v) is 4.84. The number of carbonyl (C=O) groups is 3. The van der Waals surface area contributed by atoms with Crippen LogP contribution in [0.3, 0.4) is 0 Å². The van der Waals surface area contributed by atoms with E-state index in [0.717, 1.165) is 32.9 Å². The van der Waals surface area contributed by atoms with E-state index in [2.05, 4.69) is 4.18 Å². The molecule has 1 heterocycles. The standard InChI is InChI=1S/C26H26ClF3O11S/c1-13(31)37-22-21(40-25(36-4)24(39-15(3)33)23(22)38-14(2)32)17-7-10-20(27)18(12-17)11-16-5-8-19(9-6-16)41-42(34,35)26(28,29)30/h5-10,12,21-25H,11H2,1-4H3/t21-,22-,23?,24?,25-/m0/s1. The van der Waals surface area contributed by atoms with Gasteiger partial charge < -0.3 is 27.9 Å². The monoisotopic (exact) mass is 638 g/mol. The average molecular weight is 639 g/mol. The third kappa shape index (κ3) is 8.12. The van der Waals surface area contributed by atoms with Gasteiger partial charge in [-0.15, -0.1) is 0 Å². The molecule has 16 heteroatoms. The van der Waals surface area contributed by atoms with Crippen LogP contribution >= 0.6 is 11.6 Å². The van der Waals surface area contributed by atoms with Crippen LogP contribution < -0.4 is 4.18 Å². The maximum atomic E-state index is 12.6. The Hall–Kier alpha value is -3.40. The first-order valence-corrected chi connectivity index (χ1v) is 13.9. The van der Waals surface area contributed by atoms with Gasteiger partial charge in [-0.2, -0.15) is 21.6 Å². The molecule has 0 amide bonds. The van der Waals surface area contributed by atoms with Crippen LogP contribution in [-0.4, -0.2) is 63.5 Å². The molecule has 1 aliphatic rings. The average Bonchev–Trinajstić information content (AvgIpc) is 2.87. The van der Waals surface area contributed by atoms with E-state index in [-0.39, 0.29) is 11.4 Å². The predicted octanol–water partition coefficient (Wildman–Crippen LogP) is 4.00. The summed E-state index contributed by atoms with van der Waals surface area (Å²) in [7, 11) is -4.56. The highest BCUT2D eigenvalue weighted by molar-refractivity contribution is 7.88. The summed E-state index contributed by atoms with van der Waals surface area (Å²) >= 11 is 6.40. The van der Waals surface area contributed by atoms with Crippen LogP contribution in [-0.2, 0) is 54.6 Å². The second-order valence-electron chi connectivity index (χ2n) is 9.04. The Labute approximate surface area is 243 Å². The maximum Gasteiger partial charge on any atom is 0.534 e. The van der Waals surface area contributed by atoms with Gasteiger partial charge >= 0.3 is 33.5 Å². The van der Waals surface area contributed by atoms with Crippen LogP contribution in [0, 0.1) is 0 Å². The van der Waals surface area contributed by atoms with E-state index in [1.165, 1.54) is 25.3 Å². The van der Waals surface area contributed by atoms with Gasteiger partial charge in [0, 0.05) is 32.9 Å². The minimum Gasteiger partial charge on any atom is -0.455 e. The minimum atomic E-state index is -5.83. The number of ether oxygens (including phenoxy) is 5. The summed E-state index contributed by atoms with van der Waals surface area (Å²) in [5, 5.41) is 0.288. The molecule has 0 spiro atoms. The molecule has 230 valence electrons. The molecule has 0 aliphatic carbocycles. The first-order chi connectivity index (χ1) is 19.5. The van der Waals surface area contributed by atoms with Gasteiger partial charge in [-0.3, -0.25) is 14.4 Å².